The van der Waals surface area contributed by atoms with Gasteiger partial charge in [-0.2, -0.15) is 0 Å². The summed E-state index contributed by atoms with van der Waals surface area (Å²) in [6.45, 7) is 0. The molecule has 0 aliphatic carbocycles. The number of dihydropyridines is 1. The van der Waals surface area contributed by atoms with Crippen molar-refractivity contribution in [3.8, 4) is 55.9 Å². The summed E-state index contributed by atoms with van der Waals surface area (Å²) in [7, 11) is 0. The Morgan fingerprint density at radius 3 is 1.30 bits per heavy atom. The Hall–Kier alpha value is -7.59. The Morgan fingerprint density at radius 1 is 0.361 bits per heavy atom. The fourth-order valence-corrected chi connectivity index (χ4v) is 9.56. The van der Waals surface area contributed by atoms with Crippen LogP contribution in [0.4, 0.5) is 0 Å². The molecule has 3 heterocycles. The molecular weight excluding hydrogens is 757 g/mol. The number of hydrogen-bond acceptors (Lipinski definition) is 3. The first-order valence-electron chi connectivity index (χ1n) is 20.8. The highest BCUT2D eigenvalue weighted by atomic mass is 32.1. The average molecular weight is 797 g/mol. The van der Waals surface area contributed by atoms with Gasteiger partial charge in [0.1, 0.15) is 0 Å². The van der Waals surface area contributed by atoms with Gasteiger partial charge in [-0.05, 0) is 104 Å². The van der Waals surface area contributed by atoms with Crippen molar-refractivity contribution in [2.24, 2.45) is 0 Å². The molecule has 10 aromatic rings. The maximum atomic E-state index is 5.08. The van der Waals surface area contributed by atoms with Crippen LogP contribution in [0.2, 0.25) is 0 Å². The van der Waals surface area contributed by atoms with Crippen LogP contribution in [0, 0.1) is 0 Å². The first-order chi connectivity index (χ1) is 30.2. The van der Waals surface area contributed by atoms with Gasteiger partial charge in [0.05, 0.1) is 17.4 Å². The lowest BCUT2D eigenvalue weighted by atomic mass is 9.92. The largest absolute Gasteiger partial charge is 0.374 e. The van der Waals surface area contributed by atoms with E-state index in [4.69, 9.17) is 4.98 Å². The molecule has 8 aromatic carbocycles. The maximum Gasteiger partial charge on any atom is 0.0715 e. The number of nitrogens with zero attached hydrogens (tertiary/aromatic N) is 1. The Morgan fingerprint density at radius 2 is 0.787 bits per heavy atom. The fourth-order valence-electron chi connectivity index (χ4n) is 8.50. The molecule has 61 heavy (non-hydrogen) atoms. The van der Waals surface area contributed by atoms with Crippen molar-refractivity contribution in [3.05, 3.63) is 247 Å². The second-order valence-corrected chi connectivity index (χ2v) is 16.7. The molecule has 0 spiro atoms. The standard InChI is InChI=1S/C58H40N2S/c1-5-13-43(14-6-1)53-35-49(36-54(59-53)44-15-7-2-8-16-44)41-25-21-39(22-26-41)47-29-31-57-51(33-47)52-34-48(30-32-58(52)61-57)40-23-27-42(28-24-40)50-37-55(45-17-9-3-10-18-45)60-56(38-50)46-19-11-4-12-20-46/h1-38,53,59H. The second kappa shape index (κ2) is 15.9. The van der Waals surface area contributed by atoms with Crippen LogP contribution in [-0.2, 0) is 0 Å². The Labute approximate surface area is 360 Å². The van der Waals surface area contributed by atoms with E-state index in [2.05, 4.69) is 224 Å². The normalized spacial score (nSPS) is 13.7. The SMILES string of the molecule is C1=C(c2ccc(-c3ccc4sc5ccc(-c6ccc(-c7cc(-c8ccccc8)nc(-c8ccccc8)c7)cc6)cc5c4c3)cc2)C=C(c2ccccc2)NC1c1ccccc1. The number of allylic oxidation sites excluding steroid dienone is 2. The topological polar surface area (TPSA) is 24.9 Å². The first-order valence-corrected chi connectivity index (χ1v) is 21.6. The summed E-state index contributed by atoms with van der Waals surface area (Å²) in [6, 6.07) is 78.5. The average Bonchev–Trinajstić information content (AvgIpc) is 3.72. The highest BCUT2D eigenvalue weighted by Crippen LogP contribution is 2.40. The van der Waals surface area contributed by atoms with Crippen LogP contribution < -0.4 is 5.32 Å². The van der Waals surface area contributed by atoms with Crippen molar-refractivity contribution in [2.75, 3.05) is 0 Å². The number of pyridine rings is 1. The molecule has 0 radical (unpaired) electrons. The summed E-state index contributed by atoms with van der Waals surface area (Å²) in [4.78, 5) is 5.08. The molecule has 2 aromatic heterocycles. The number of nitrogens with one attached hydrogen (secondary N) is 1. The molecule has 11 rings (SSSR count). The second-order valence-electron chi connectivity index (χ2n) is 15.6. The van der Waals surface area contributed by atoms with Gasteiger partial charge in [0, 0.05) is 37.0 Å². The van der Waals surface area contributed by atoms with Crippen LogP contribution in [-0.4, -0.2) is 4.98 Å². The van der Waals surface area contributed by atoms with Crippen LogP contribution in [0.25, 0.3) is 87.3 Å². The lowest BCUT2D eigenvalue weighted by molar-refractivity contribution is 0.767. The summed E-state index contributed by atoms with van der Waals surface area (Å²) in [6.07, 6.45) is 4.62. The van der Waals surface area contributed by atoms with Gasteiger partial charge >= 0.3 is 0 Å². The number of benzene rings is 8. The van der Waals surface area contributed by atoms with Crippen molar-refractivity contribution in [1.29, 1.82) is 0 Å². The molecule has 1 aliphatic rings. The van der Waals surface area contributed by atoms with Crippen molar-refractivity contribution >= 4 is 42.8 Å². The van der Waals surface area contributed by atoms with Gasteiger partial charge in [-0.1, -0.05) is 182 Å². The van der Waals surface area contributed by atoms with E-state index in [0.29, 0.717) is 0 Å². The Kier molecular flexibility index (Phi) is 9.50. The fraction of sp³-hybridized carbons (Fsp3) is 0.0172. The van der Waals surface area contributed by atoms with Gasteiger partial charge in [-0.15, -0.1) is 11.3 Å². The summed E-state index contributed by atoms with van der Waals surface area (Å²) in [5.41, 5.74) is 17.3. The van der Waals surface area contributed by atoms with Gasteiger partial charge in [-0.25, -0.2) is 4.98 Å². The number of thiophene rings is 1. The third-order valence-corrected chi connectivity index (χ3v) is 12.9. The molecular formula is C58H40N2S. The van der Waals surface area contributed by atoms with E-state index in [1.165, 1.54) is 70.3 Å². The van der Waals surface area contributed by atoms with Crippen LogP contribution in [0.3, 0.4) is 0 Å². The minimum Gasteiger partial charge on any atom is -0.374 e. The first kappa shape index (κ1) is 36.5. The zero-order valence-electron chi connectivity index (χ0n) is 33.4. The zero-order chi connectivity index (χ0) is 40.5. The molecule has 0 amide bonds. The Balaban J connectivity index is 0.895. The van der Waals surface area contributed by atoms with E-state index in [9.17, 15) is 0 Å². The molecule has 1 aliphatic heterocycles. The van der Waals surface area contributed by atoms with E-state index >= 15 is 0 Å². The highest BCUT2D eigenvalue weighted by Gasteiger charge is 2.19. The van der Waals surface area contributed by atoms with E-state index in [0.717, 1.165) is 33.8 Å². The molecule has 0 fully saturated rings. The van der Waals surface area contributed by atoms with Crippen molar-refractivity contribution in [1.82, 2.24) is 10.3 Å². The summed E-state index contributed by atoms with van der Waals surface area (Å²) in [5, 5.41) is 6.36. The van der Waals surface area contributed by atoms with Gasteiger partial charge in [0.25, 0.3) is 0 Å². The van der Waals surface area contributed by atoms with Gasteiger partial charge < -0.3 is 5.32 Å². The van der Waals surface area contributed by atoms with E-state index < -0.39 is 0 Å². The molecule has 288 valence electrons. The smallest absolute Gasteiger partial charge is 0.0715 e. The predicted molar refractivity (Wildman–Crippen MR) is 259 cm³/mol. The summed E-state index contributed by atoms with van der Waals surface area (Å²) >= 11 is 1.86. The maximum absolute atomic E-state index is 5.08. The quantitative estimate of drug-likeness (QED) is 0.166. The molecule has 0 bridgehead atoms. The highest BCUT2D eigenvalue weighted by molar-refractivity contribution is 7.25. The van der Waals surface area contributed by atoms with Crippen LogP contribution in [0.1, 0.15) is 22.7 Å². The molecule has 2 nitrogen and oxygen atoms in total. The zero-order valence-corrected chi connectivity index (χ0v) is 34.2. The van der Waals surface area contributed by atoms with Crippen LogP contribution >= 0.6 is 11.3 Å². The molecule has 1 atom stereocenters. The monoisotopic (exact) mass is 796 g/mol. The third kappa shape index (κ3) is 7.37. The lowest BCUT2D eigenvalue weighted by Gasteiger charge is -2.25. The third-order valence-electron chi connectivity index (χ3n) is 11.7. The van der Waals surface area contributed by atoms with E-state index in [1.54, 1.807) is 0 Å². The molecule has 0 saturated carbocycles. The molecule has 3 heteroatoms. The van der Waals surface area contributed by atoms with Crippen LogP contribution in [0.15, 0.2) is 231 Å². The summed E-state index contributed by atoms with van der Waals surface area (Å²) < 4.78 is 2.60. The lowest BCUT2D eigenvalue weighted by Crippen LogP contribution is -2.21. The number of fused-ring (bicyclic) bond motifs is 3. The molecule has 1 N–H and O–H groups in total. The van der Waals surface area contributed by atoms with E-state index in [1.807, 2.05) is 23.5 Å². The molecule has 0 saturated heterocycles. The van der Waals surface area contributed by atoms with Gasteiger partial charge in [-0.3, -0.25) is 0 Å². The van der Waals surface area contributed by atoms with Crippen molar-refractivity contribution < 1.29 is 0 Å². The number of rotatable bonds is 8. The van der Waals surface area contributed by atoms with Gasteiger partial charge in [0.15, 0.2) is 0 Å². The van der Waals surface area contributed by atoms with E-state index in [-0.39, 0.29) is 6.04 Å². The van der Waals surface area contributed by atoms with Crippen LogP contribution in [0.5, 0.6) is 0 Å². The Bertz CT molecular complexity index is 3160. The molecule has 1 unspecified atom stereocenters. The van der Waals surface area contributed by atoms with Crippen molar-refractivity contribution in [3.63, 3.8) is 0 Å². The van der Waals surface area contributed by atoms with Crippen molar-refractivity contribution in [2.45, 2.75) is 6.04 Å². The predicted octanol–water partition coefficient (Wildman–Crippen LogP) is 15.6. The summed E-state index contributed by atoms with van der Waals surface area (Å²) in [5.74, 6) is 0. The van der Waals surface area contributed by atoms with Gasteiger partial charge in [0.2, 0.25) is 0 Å². The minimum atomic E-state index is 0.0795. The number of hydrogen-bond donors (Lipinski definition) is 1. The minimum absolute atomic E-state index is 0.0795. The number of aromatic nitrogens is 1.